The number of hydrogen-bond donors (Lipinski definition) is 2. The molecule has 0 heterocycles. The Labute approximate surface area is 122 Å². The summed E-state index contributed by atoms with van der Waals surface area (Å²) in [5.74, 6) is -0.156. The van der Waals surface area contributed by atoms with Gasteiger partial charge in [-0.25, -0.2) is 4.39 Å². The molecule has 0 unspecified atom stereocenters. The molecule has 1 amide bonds. The maximum atomic E-state index is 13.4. The molecular weight excluding hydrogens is 271 g/mol. The maximum absolute atomic E-state index is 13.4. The Hall–Kier alpha value is -2.56. The van der Waals surface area contributed by atoms with Crippen molar-refractivity contribution in [2.45, 2.75) is 13.5 Å². The average Bonchev–Trinajstić information content (AvgIpc) is 2.47. The van der Waals surface area contributed by atoms with Crippen LogP contribution in [0, 0.1) is 12.7 Å². The average molecular weight is 288 g/mol. The summed E-state index contributed by atoms with van der Waals surface area (Å²) in [6, 6.07) is 12.3. The summed E-state index contributed by atoms with van der Waals surface area (Å²) in [6.45, 7) is 2.16. The molecule has 3 N–H and O–H groups in total. The number of nitrogens with two attached hydrogens (primary N) is 1. The van der Waals surface area contributed by atoms with Gasteiger partial charge in [-0.05, 0) is 42.3 Å². The monoisotopic (exact) mass is 288 g/mol. The zero-order chi connectivity index (χ0) is 15.2. The summed E-state index contributed by atoms with van der Waals surface area (Å²) in [5.41, 5.74) is 7.37. The molecule has 5 heteroatoms. The highest BCUT2D eigenvalue weighted by Gasteiger charge is 2.01. The highest BCUT2D eigenvalue weighted by Crippen LogP contribution is 2.16. The van der Waals surface area contributed by atoms with E-state index < -0.39 is 5.91 Å². The highest BCUT2D eigenvalue weighted by atomic mass is 19.1. The number of carbonyl (C=O) groups is 1. The molecular formula is C16H17FN2O2. The molecule has 0 fully saturated rings. The van der Waals surface area contributed by atoms with Crippen LogP contribution in [0.4, 0.5) is 10.1 Å². The number of hydrogen-bond acceptors (Lipinski definition) is 3. The van der Waals surface area contributed by atoms with Crippen molar-refractivity contribution in [2.24, 2.45) is 5.73 Å². The minimum atomic E-state index is -0.512. The number of anilines is 1. The third kappa shape index (κ3) is 4.49. The van der Waals surface area contributed by atoms with E-state index >= 15 is 0 Å². The zero-order valence-corrected chi connectivity index (χ0v) is 11.7. The second-order valence-corrected chi connectivity index (χ2v) is 4.72. The van der Waals surface area contributed by atoms with Crippen LogP contribution in [0.15, 0.2) is 42.5 Å². The first-order valence-electron chi connectivity index (χ1n) is 6.54. The fraction of sp³-hybridized carbons (Fsp3) is 0.188. The number of nitrogens with one attached hydrogen (secondary N) is 1. The molecule has 2 aromatic carbocycles. The van der Waals surface area contributed by atoms with Crippen LogP contribution in [0.5, 0.6) is 5.75 Å². The van der Waals surface area contributed by atoms with Gasteiger partial charge in [-0.15, -0.1) is 0 Å². The van der Waals surface area contributed by atoms with Gasteiger partial charge in [0.05, 0.1) is 0 Å². The maximum Gasteiger partial charge on any atom is 0.255 e. The van der Waals surface area contributed by atoms with Gasteiger partial charge in [0.15, 0.2) is 6.61 Å². The summed E-state index contributed by atoms with van der Waals surface area (Å²) < 4.78 is 18.6. The molecule has 0 bridgehead atoms. The molecule has 0 saturated heterocycles. The van der Waals surface area contributed by atoms with Crippen LogP contribution >= 0.6 is 0 Å². The number of rotatable bonds is 6. The predicted molar refractivity (Wildman–Crippen MR) is 79.6 cm³/mol. The number of primary amides is 1. The van der Waals surface area contributed by atoms with E-state index in [0.717, 1.165) is 11.3 Å². The first-order valence-corrected chi connectivity index (χ1v) is 6.54. The molecule has 4 nitrogen and oxygen atoms in total. The number of amides is 1. The van der Waals surface area contributed by atoms with Gasteiger partial charge in [0, 0.05) is 12.2 Å². The Kier molecular flexibility index (Phi) is 4.77. The van der Waals surface area contributed by atoms with Gasteiger partial charge in [0.25, 0.3) is 5.91 Å². The molecule has 0 aliphatic carbocycles. The van der Waals surface area contributed by atoms with Crippen LogP contribution in [0.3, 0.4) is 0 Å². The van der Waals surface area contributed by atoms with Crippen molar-refractivity contribution in [3.05, 3.63) is 59.4 Å². The topological polar surface area (TPSA) is 64.3 Å². The van der Waals surface area contributed by atoms with E-state index in [1.165, 1.54) is 6.07 Å². The SMILES string of the molecule is Cc1ccc(NCc2ccc(OCC(N)=O)cc2)cc1F. The van der Waals surface area contributed by atoms with Crippen molar-refractivity contribution in [3.8, 4) is 5.75 Å². The summed E-state index contributed by atoms with van der Waals surface area (Å²) in [5, 5.41) is 3.14. The molecule has 2 aromatic rings. The van der Waals surface area contributed by atoms with E-state index in [1.807, 2.05) is 18.2 Å². The first-order chi connectivity index (χ1) is 10.0. The summed E-state index contributed by atoms with van der Waals surface area (Å²) in [7, 11) is 0. The van der Waals surface area contributed by atoms with Crippen molar-refractivity contribution in [2.75, 3.05) is 11.9 Å². The van der Waals surface area contributed by atoms with Crippen molar-refractivity contribution in [3.63, 3.8) is 0 Å². The molecule has 0 radical (unpaired) electrons. The molecule has 0 aliphatic heterocycles. The summed E-state index contributed by atoms with van der Waals surface area (Å²) in [6.07, 6.45) is 0. The van der Waals surface area contributed by atoms with Gasteiger partial charge >= 0.3 is 0 Å². The van der Waals surface area contributed by atoms with Gasteiger partial charge in [-0.3, -0.25) is 4.79 Å². The van der Waals surface area contributed by atoms with E-state index in [2.05, 4.69) is 5.32 Å². The minimum Gasteiger partial charge on any atom is -0.484 e. The summed E-state index contributed by atoms with van der Waals surface area (Å²) in [4.78, 5) is 10.6. The van der Waals surface area contributed by atoms with Crippen LogP contribution in [0.25, 0.3) is 0 Å². The van der Waals surface area contributed by atoms with Gasteiger partial charge in [-0.2, -0.15) is 0 Å². The molecule has 110 valence electrons. The largest absolute Gasteiger partial charge is 0.484 e. The van der Waals surface area contributed by atoms with Crippen LogP contribution < -0.4 is 15.8 Å². The lowest BCUT2D eigenvalue weighted by molar-refractivity contribution is -0.119. The lowest BCUT2D eigenvalue weighted by atomic mass is 10.2. The molecule has 0 saturated carbocycles. The first kappa shape index (κ1) is 14.8. The van der Waals surface area contributed by atoms with Gasteiger partial charge in [0.1, 0.15) is 11.6 Å². The quantitative estimate of drug-likeness (QED) is 0.858. The highest BCUT2D eigenvalue weighted by molar-refractivity contribution is 5.75. The fourth-order valence-electron chi connectivity index (χ4n) is 1.76. The number of aryl methyl sites for hydroxylation is 1. The molecule has 21 heavy (non-hydrogen) atoms. The Morgan fingerprint density at radius 1 is 1.24 bits per heavy atom. The minimum absolute atomic E-state index is 0.139. The van der Waals surface area contributed by atoms with Crippen molar-refractivity contribution >= 4 is 11.6 Å². The second kappa shape index (κ2) is 6.74. The van der Waals surface area contributed by atoms with Crippen LogP contribution in [-0.4, -0.2) is 12.5 Å². The van der Waals surface area contributed by atoms with Crippen molar-refractivity contribution in [1.29, 1.82) is 0 Å². The molecule has 0 aromatic heterocycles. The number of halogens is 1. The van der Waals surface area contributed by atoms with E-state index in [0.29, 0.717) is 17.9 Å². The van der Waals surface area contributed by atoms with E-state index in [-0.39, 0.29) is 12.4 Å². The summed E-state index contributed by atoms with van der Waals surface area (Å²) >= 11 is 0. The predicted octanol–water partition coefficient (Wildman–Crippen LogP) is 2.61. The number of ether oxygens (including phenoxy) is 1. The van der Waals surface area contributed by atoms with Crippen LogP contribution in [-0.2, 0) is 11.3 Å². The Bertz CT molecular complexity index is 627. The van der Waals surface area contributed by atoms with Gasteiger partial charge in [0.2, 0.25) is 0 Å². The standard InChI is InChI=1S/C16H17FN2O2/c1-11-2-5-13(8-15(11)17)19-9-12-3-6-14(7-4-12)21-10-16(18)20/h2-8,19H,9-10H2,1H3,(H2,18,20). The Morgan fingerprint density at radius 3 is 2.57 bits per heavy atom. The van der Waals surface area contributed by atoms with Crippen molar-refractivity contribution in [1.82, 2.24) is 0 Å². The molecule has 0 spiro atoms. The Morgan fingerprint density at radius 2 is 1.95 bits per heavy atom. The third-order valence-electron chi connectivity index (χ3n) is 2.97. The molecule has 2 rings (SSSR count). The normalized spacial score (nSPS) is 10.2. The molecule has 0 atom stereocenters. The lowest BCUT2D eigenvalue weighted by Gasteiger charge is -2.09. The van der Waals surface area contributed by atoms with Gasteiger partial charge in [-0.1, -0.05) is 18.2 Å². The lowest BCUT2D eigenvalue weighted by Crippen LogP contribution is -2.19. The van der Waals surface area contributed by atoms with Gasteiger partial charge < -0.3 is 15.8 Å². The van der Waals surface area contributed by atoms with E-state index in [9.17, 15) is 9.18 Å². The second-order valence-electron chi connectivity index (χ2n) is 4.72. The number of benzene rings is 2. The molecule has 0 aliphatic rings. The van der Waals surface area contributed by atoms with Crippen LogP contribution in [0.1, 0.15) is 11.1 Å². The van der Waals surface area contributed by atoms with E-state index in [1.54, 1.807) is 25.1 Å². The van der Waals surface area contributed by atoms with Crippen molar-refractivity contribution < 1.29 is 13.9 Å². The number of carbonyl (C=O) groups excluding carboxylic acids is 1. The Balaban J connectivity index is 1.91. The van der Waals surface area contributed by atoms with Crippen LogP contribution in [0.2, 0.25) is 0 Å². The van der Waals surface area contributed by atoms with E-state index in [4.69, 9.17) is 10.5 Å². The fourth-order valence-corrected chi connectivity index (χ4v) is 1.76. The third-order valence-corrected chi connectivity index (χ3v) is 2.97. The smallest absolute Gasteiger partial charge is 0.255 e. The zero-order valence-electron chi connectivity index (χ0n) is 11.7.